The number of benzene rings is 2. The Morgan fingerprint density at radius 2 is 1.86 bits per heavy atom. The topological polar surface area (TPSA) is 106 Å². The molecule has 9 heteroatoms. The lowest BCUT2D eigenvalue weighted by molar-refractivity contribution is 0.0950. The highest BCUT2D eigenvalue weighted by Gasteiger charge is 2.15. The van der Waals surface area contributed by atoms with E-state index in [-0.39, 0.29) is 17.3 Å². The van der Waals surface area contributed by atoms with Crippen molar-refractivity contribution >= 4 is 15.9 Å². The summed E-state index contributed by atoms with van der Waals surface area (Å²) < 4.78 is 28.3. The fourth-order valence-corrected chi connectivity index (χ4v) is 3.71. The molecule has 0 saturated heterocycles. The summed E-state index contributed by atoms with van der Waals surface area (Å²) in [5.41, 5.74) is 2.30. The first kappa shape index (κ1) is 19.7. The van der Waals surface area contributed by atoms with E-state index in [9.17, 15) is 13.2 Å². The predicted molar refractivity (Wildman–Crippen MR) is 104 cm³/mol. The number of nitrogens with one attached hydrogen (secondary N) is 2. The molecule has 28 heavy (non-hydrogen) atoms. The summed E-state index contributed by atoms with van der Waals surface area (Å²) >= 11 is 0. The van der Waals surface area contributed by atoms with Gasteiger partial charge in [0.2, 0.25) is 10.0 Å². The Bertz CT molecular complexity index is 1030. The minimum absolute atomic E-state index is 0.0689. The van der Waals surface area contributed by atoms with Gasteiger partial charge in [-0.05, 0) is 29.3 Å². The van der Waals surface area contributed by atoms with Crippen molar-refractivity contribution in [2.24, 2.45) is 0 Å². The number of hydrogen-bond donors (Lipinski definition) is 2. The number of rotatable bonds is 8. The molecule has 0 saturated carbocycles. The molecule has 2 N–H and O–H groups in total. The van der Waals surface area contributed by atoms with Gasteiger partial charge in [-0.2, -0.15) is 5.10 Å². The molecule has 0 atom stereocenters. The predicted octanol–water partition coefficient (Wildman–Crippen LogP) is 1.55. The highest BCUT2D eigenvalue weighted by atomic mass is 32.2. The van der Waals surface area contributed by atoms with Gasteiger partial charge in [0.05, 0.1) is 11.4 Å². The summed E-state index contributed by atoms with van der Waals surface area (Å²) in [5, 5.41) is 6.87. The van der Waals surface area contributed by atoms with Crippen LogP contribution in [0.1, 0.15) is 28.4 Å². The number of amides is 1. The van der Waals surface area contributed by atoms with Gasteiger partial charge in [0.15, 0.2) is 0 Å². The molecule has 1 heterocycles. The molecular weight excluding hydrogens is 378 g/mol. The van der Waals surface area contributed by atoms with Gasteiger partial charge < -0.3 is 5.32 Å². The summed E-state index contributed by atoms with van der Waals surface area (Å²) in [6.45, 7) is 2.95. The fraction of sp³-hybridized carbons (Fsp3) is 0.211. The third-order valence-electron chi connectivity index (χ3n) is 4.03. The molecule has 2 aromatic carbocycles. The molecule has 146 valence electrons. The number of nitrogens with zero attached hydrogens (tertiary/aromatic N) is 3. The van der Waals surface area contributed by atoms with E-state index in [1.54, 1.807) is 30.1 Å². The van der Waals surface area contributed by atoms with E-state index in [0.717, 1.165) is 11.1 Å². The zero-order chi connectivity index (χ0) is 20.0. The summed E-state index contributed by atoms with van der Waals surface area (Å²) in [5.74, 6) is -0.333. The van der Waals surface area contributed by atoms with Crippen LogP contribution in [-0.2, 0) is 23.1 Å². The second kappa shape index (κ2) is 8.77. The molecule has 8 nitrogen and oxygen atoms in total. The maximum atomic E-state index is 12.4. The van der Waals surface area contributed by atoms with E-state index in [4.69, 9.17) is 0 Å². The molecule has 0 fully saturated rings. The standard InChI is InChI=1S/C19H21N5O3S/c1-2-23-28(26,27)18-5-3-4-17(10-18)19(25)21-11-15-6-8-16(9-7-15)12-24-14-20-13-22-24/h3-10,13-14,23H,2,11-12H2,1H3,(H,21,25). The molecule has 3 aromatic rings. The van der Waals surface area contributed by atoms with Crippen molar-refractivity contribution in [3.63, 3.8) is 0 Å². The van der Waals surface area contributed by atoms with Gasteiger partial charge in [-0.15, -0.1) is 0 Å². The first-order valence-electron chi connectivity index (χ1n) is 8.76. The van der Waals surface area contributed by atoms with E-state index in [0.29, 0.717) is 18.7 Å². The van der Waals surface area contributed by atoms with Crippen molar-refractivity contribution < 1.29 is 13.2 Å². The molecule has 0 unspecified atom stereocenters. The van der Waals surface area contributed by atoms with Gasteiger partial charge in [-0.25, -0.2) is 22.8 Å². The van der Waals surface area contributed by atoms with Crippen LogP contribution in [0.15, 0.2) is 66.1 Å². The average molecular weight is 399 g/mol. The van der Waals surface area contributed by atoms with Crippen molar-refractivity contribution in [2.75, 3.05) is 6.54 Å². The van der Waals surface area contributed by atoms with Crippen molar-refractivity contribution in [3.8, 4) is 0 Å². The zero-order valence-electron chi connectivity index (χ0n) is 15.4. The van der Waals surface area contributed by atoms with Gasteiger partial charge in [-0.1, -0.05) is 37.3 Å². The Labute approximate surface area is 163 Å². The van der Waals surface area contributed by atoms with Crippen molar-refractivity contribution in [1.29, 1.82) is 0 Å². The van der Waals surface area contributed by atoms with Crippen molar-refractivity contribution in [3.05, 3.63) is 77.9 Å². The van der Waals surface area contributed by atoms with Crippen molar-refractivity contribution in [1.82, 2.24) is 24.8 Å². The van der Waals surface area contributed by atoms with Crippen LogP contribution >= 0.6 is 0 Å². The van der Waals surface area contributed by atoms with E-state index in [2.05, 4.69) is 20.1 Å². The van der Waals surface area contributed by atoms with E-state index < -0.39 is 10.0 Å². The van der Waals surface area contributed by atoms with Crippen LogP contribution in [-0.4, -0.2) is 35.6 Å². The average Bonchev–Trinajstić information content (AvgIpc) is 3.20. The van der Waals surface area contributed by atoms with E-state index in [1.165, 1.54) is 18.5 Å². The molecule has 3 rings (SSSR count). The largest absolute Gasteiger partial charge is 0.348 e. The van der Waals surface area contributed by atoms with Gasteiger partial charge in [0.25, 0.3) is 5.91 Å². The van der Waals surface area contributed by atoms with Gasteiger partial charge in [0, 0.05) is 18.7 Å². The van der Waals surface area contributed by atoms with Crippen LogP contribution < -0.4 is 10.0 Å². The fourth-order valence-electron chi connectivity index (χ4n) is 2.63. The first-order chi connectivity index (χ1) is 13.5. The molecule has 0 bridgehead atoms. The maximum Gasteiger partial charge on any atom is 0.251 e. The second-order valence-electron chi connectivity index (χ2n) is 6.12. The Hall–Kier alpha value is -3.04. The Kier molecular flexibility index (Phi) is 6.17. The smallest absolute Gasteiger partial charge is 0.251 e. The maximum absolute atomic E-state index is 12.4. The highest BCUT2D eigenvalue weighted by molar-refractivity contribution is 7.89. The van der Waals surface area contributed by atoms with Gasteiger partial charge >= 0.3 is 0 Å². The third kappa shape index (κ3) is 5.02. The molecule has 0 radical (unpaired) electrons. The number of hydrogen-bond acceptors (Lipinski definition) is 5. The minimum atomic E-state index is -3.60. The van der Waals surface area contributed by atoms with Crippen LogP contribution in [0.2, 0.25) is 0 Å². The Balaban J connectivity index is 1.61. The van der Waals surface area contributed by atoms with Crippen molar-refractivity contribution in [2.45, 2.75) is 24.9 Å². The third-order valence-corrected chi connectivity index (χ3v) is 5.57. The van der Waals surface area contributed by atoms with Crippen LogP contribution in [0.5, 0.6) is 0 Å². The molecule has 0 aliphatic rings. The number of carbonyl (C=O) groups excluding carboxylic acids is 1. The molecule has 0 spiro atoms. The quantitative estimate of drug-likeness (QED) is 0.598. The molecule has 1 amide bonds. The number of aromatic nitrogens is 3. The summed E-state index contributed by atoms with van der Waals surface area (Å²) in [7, 11) is -3.60. The monoisotopic (exact) mass is 399 g/mol. The normalized spacial score (nSPS) is 11.3. The lowest BCUT2D eigenvalue weighted by atomic mass is 10.1. The van der Waals surface area contributed by atoms with Crippen LogP contribution in [0, 0.1) is 0 Å². The van der Waals surface area contributed by atoms with Crippen LogP contribution in [0.3, 0.4) is 0 Å². The zero-order valence-corrected chi connectivity index (χ0v) is 16.2. The molecule has 1 aromatic heterocycles. The molecule has 0 aliphatic carbocycles. The number of carbonyl (C=O) groups is 1. The summed E-state index contributed by atoms with van der Waals surface area (Å²) in [6, 6.07) is 13.8. The summed E-state index contributed by atoms with van der Waals surface area (Å²) in [4.78, 5) is 16.4. The SMILES string of the molecule is CCNS(=O)(=O)c1cccc(C(=O)NCc2ccc(Cn3cncn3)cc2)c1. The Morgan fingerprint density at radius 1 is 1.11 bits per heavy atom. The lowest BCUT2D eigenvalue weighted by Crippen LogP contribution is -2.25. The molecular formula is C19H21N5O3S. The highest BCUT2D eigenvalue weighted by Crippen LogP contribution is 2.12. The minimum Gasteiger partial charge on any atom is -0.348 e. The Morgan fingerprint density at radius 3 is 2.54 bits per heavy atom. The van der Waals surface area contributed by atoms with E-state index in [1.807, 2.05) is 24.3 Å². The molecule has 0 aliphatic heterocycles. The van der Waals surface area contributed by atoms with Gasteiger partial charge in [0.1, 0.15) is 12.7 Å². The second-order valence-corrected chi connectivity index (χ2v) is 7.89. The number of sulfonamides is 1. The van der Waals surface area contributed by atoms with Gasteiger partial charge in [-0.3, -0.25) is 4.79 Å². The van der Waals surface area contributed by atoms with Crippen LogP contribution in [0.25, 0.3) is 0 Å². The van der Waals surface area contributed by atoms with E-state index >= 15 is 0 Å². The first-order valence-corrected chi connectivity index (χ1v) is 10.2. The summed E-state index contributed by atoms with van der Waals surface area (Å²) in [6.07, 6.45) is 3.14. The lowest BCUT2D eigenvalue weighted by Gasteiger charge is -2.09. The van der Waals surface area contributed by atoms with Crippen LogP contribution in [0.4, 0.5) is 0 Å².